The largest absolute Gasteiger partial charge is 0.380 e. The predicted octanol–water partition coefficient (Wildman–Crippen LogP) is 2.59. The highest BCUT2D eigenvalue weighted by atomic mass is 16.5. The molecule has 17 heavy (non-hydrogen) atoms. The zero-order valence-corrected chi connectivity index (χ0v) is 10.7. The van der Waals surface area contributed by atoms with Crippen LogP contribution in [-0.4, -0.2) is 28.0 Å². The van der Waals surface area contributed by atoms with Crippen molar-refractivity contribution in [3.8, 4) is 0 Å². The molecule has 0 aliphatic heterocycles. The van der Waals surface area contributed by atoms with Gasteiger partial charge < -0.3 is 4.74 Å². The molecule has 2 aromatic heterocycles. The van der Waals surface area contributed by atoms with Crippen molar-refractivity contribution >= 4 is 10.9 Å². The molecule has 4 heteroatoms. The van der Waals surface area contributed by atoms with Gasteiger partial charge in [0.2, 0.25) is 0 Å². The maximum Gasteiger partial charge on any atom is 0.0744 e. The molecule has 0 saturated carbocycles. The molecule has 0 aliphatic rings. The smallest absolute Gasteiger partial charge is 0.0744 e. The Morgan fingerprint density at radius 2 is 2.24 bits per heavy atom. The molecule has 0 aromatic carbocycles. The number of pyridine rings is 1. The summed E-state index contributed by atoms with van der Waals surface area (Å²) in [5.41, 5.74) is 2.26. The lowest BCUT2D eigenvalue weighted by atomic mass is 10.1. The van der Waals surface area contributed by atoms with Crippen LogP contribution in [0.1, 0.15) is 32.4 Å². The molecule has 2 aromatic rings. The number of fused-ring (bicyclic) bond motifs is 1. The maximum atomic E-state index is 5.38. The van der Waals surface area contributed by atoms with Crippen molar-refractivity contribution in [1.82, 2.24) is 14.8 Å². The SMILES string of the molecule is CCOCCn1nc(C(C)C)c2cnccc21. The molecular weight excluding hydrogens is 214 g/mol. The van der Waals surface area contributed by atoms with Crippen LogP contribution < -0.4 is 0 Å². The van der Waals surface area contributed by atoms with Gasteiger partial charge in [-0.25, -0.2) is 0 Å². The normalized spacial score (nSPS) is 11.5. The maximum absolute atomic E-state index is 5.38. The first-order valence-corrected chi connectivity index (χ1v) is 6.12. The van der Waals surface area contributed by atoms with Gasteiger partial charge in [0.15, 0.2) is 0 Å². The molecule has 0 amide bonds. The Balaban J connectivity index is 2.35. The number of hydrogen-bond donors (Lipinski definition) is 0. The minimum Gasteiger partial charge on any atom is -0.380 e. The topological polar surface area (TPSA) is 39.9 Å². The van der Waals surface area contributed by atoms with Crippen molar-refractivity contribution in [3.63, 3.8) is 0 Å². The van der Waals surface area contributed by atoms with Gasteiger partial charge in [0.25, 0.3) is 0 Å². The van der Waals surface area contributed by atoms with E-state index in [-0.39, 0.29) is 0 Å². The van der Waals surface area contributed by atoms with E-state index in [1.807, 2.05) is 30.1 Å². The summed E-state index contributed by atoms with van der Waals surface area (Å²) in [6, 6.07) is 2.01. The van der Waals surface area contributed by atoms with E-state index in [0.717, 1.165) is 29.7 Å². The molecule has 0 saturated heterocycles. The molecule has 4 nitrogen and oxygen atoms in total. The molecule has 0 N–H and O–H groups in total. The number of aromatic nitrogens is 3. The molecule has 0 aliphatic carbocycles. The lowest BCUT2D eigenvalue weighted by Crippen LogP contribution is -2.07. The Morgan fingerprint density at radius 3 is 2.94 bits per heavy atom. The van der Waals surface area contributed by atoms with Gasteiger partial charge in [-0.05, 0) is 18.9 Å². The first kappa shape index (κ1) is 12.0. The summed E-state index contributed by atoms with van der Waals surface area (Å²) in [5, 5.41) is 5.81. The molecular formula is C13H19N3O. The van der Waals surface area contributed by atoms with E-state index in [4.69, 9.17) is 4.74 Å². The van der Waals surface area contributed by atoms with Crippen LogP contribution >= 0.6 is 0 Å². The Bertz CT molecular complexity index is 490. The minimum absolute atomic E-state index is 0.412. The lowest BCUT2D eigenvalue weighted by Gasteiger charge is -2.03. The first-order valence-electron chi connectivity index (χ1n) is 6.12. The number of ether oxygens (including phenoxy) is 1. The van der Waals surface area contributed by atoms with Gasteiger partial charge in [-0.1, -0.05) is 13.8 Å². The summed E-state index contributed by atoms with van der Waals surface area (Å²) in [5.74, 6) is 0.412. The van der Waals surface area contributed by atoms with E-state index in [0.29, 0.717) is 12.5 Å². The quantitative estimate of drug-likeness (QED) is 0.745. The molecule has 92 valence electrons. The van der Waals surface area contributed by atoms with Crippen molar-refractivity contribution in [2.75, 3.05) is 13.2 Å². The second-order valence-electron chi connectivity index (χ2n) is 4.35. The van der Waals surface area contributed by atoms with E-state index in [1.165, 1.54) is 0 Å². The molecule has 0 radical (unpaired) electrons. The van der Waals surface area contributed by atoms with E-state index >= 15 is 0 Å². The minimum atomic E-state index is 0.412. The van der Waals surface area contributed by atoms with E-state index < -0.39 is 0 Å². The standard InChI is InChI=1S/C13H19N3O/c1-4-17-8-7-16-12-5-6-14-9-11(12)13(15-16)10(2)3/h5-6,9-10H,4,7-8H2,1-3H3. The third-order valence-electron chi connectivity index (χ3n) is 2.78. The third-order valence-corrected chi connectivity index (χ3v) is 2.78. The summed E-state index contributed by atoms with van der Waals surface area (Å²) in [7, 11) is 0. The molecule has 0 bridgehead atoms. The van der Waals surface area contributed by atoms with Crippen molar-refractivity contribution in [3.05, 3.63) is 24.2 Å². The van der Waals surface area contributed by atoms with Crippen LogP contribution in [-0.2, 0) is 11.3 Å². The molecule has 2 heterocycles. The van der Waals surface area contributed by atoms with Crippen LogP contribution in [0.3, 0.4) is 0 Å². The highest BCUT2D eigenvalue weighted by Crippen LogP contribution is 2.23. The Morgan fingerprint density at radius 1 is 1.41 bits per heavy atom. The van der Waals surface area contributed by atoms with E-state index in [1.54, 1.807) is 0 Å². The highest BCUT2D eigenvalue weighted by molar-refractivity contribution is 5.81. The first-order chi connectivity index (χ1) is 8.24. The Labute approximate surface area is 102 Å². The van der Waals surface area contributed by atoms with Gasteiger partial charge in [-0.2, -0.15) is 5.10 Å². The molecule has 0 unspecified atom stereocenters. The molecule has 0 atom stereocenters. The van der Waals surface area contributed by atoms with E-state index in [9.17, 15) is 0 Å². The van der Waals surface area contributed by atoms with Crippen LogP contribution in [0.5, 0.6) is 0 Å². The van der Waals surface area contributed by atoms with Gasteiger partial charge in [-0.15, -0.1) is 0 Å². The molecule has 2 rings (SSSR count). The predicted molar refractivity (Wildman–Crippen MR) is 68.1 cm³/mol. The monoisotopic (exact) mass is 233 g/mol. The fourth-order valence-electron chi connectivity index (χ4n) is 1.94. The van der Waals surface area contributed by atoms with Gasteiger partial charge in [0, 0.05) is 24.4 Å². The number of rotatable bonds is 5. The Hall–Kier alpha value is -1.42. The fraction of sp³-hybridized carbons (Fsp3) is 0.538. The summed E-state index contributed by atoms with van der Waals surface area (Å²) >= 11 is 0. The van der Waals surface area contributed by atoms with Crippen LogP contribution in [0.15, 0.2) is 18.5 Å². The van der Waals surface area contributed by atoms with Gasteiger partial charge in [0.05, 0.1) is 24.4 Å². The Kier molecular flexibility index (Phi) is 3.74. The van der Waals surface area contributed by atoms with Crippen molar-refractivity contribution in [2.45, 2.75) is 33.2 Å². The fourth-order valence-corrected chi connectivity index (χ4v) is 1.94. The summed E-state index contributed by atoms with van der Waals surface area (Å²) in [6.45, 7) is 8.56. The van der Waals surface area contributed by atoms with Crippen LogP contribution in [0.25, 0.3) is 10.9 Å². The summed E-state index contributed by atoms with van der Waals surface area (Å²) < 4.78 is 7.40. The van der Waals surface area contributed by atoms with Crippen molar-refractivity contribution < 1.29 is 4.74 Å². The average molecular weight is 233 g/mol. The summed E-state index contributed by atoms with van der Waals surface area (Å²) in [4.78, 5) is 4.18. The molecule has 0 fully saturated rings. The van der Waals surface area contributed by atoms with Crippen molar-refractivity contribution in [1.29, 1.82) is 0 Å². The van der Waals surface area contributed by atoms with Crippen LogP contribution in [0.2, 0.25) is 0 Å². The van der Waals surface area contributed by atoms with Gasteiger partial charge in [0.1, 0.15) is 0 Å². The number of hydrogen-bond acceptors (Lipinski definition) is 3. The third kappa shape index (κ3) is 2.47. The van der Waals surface area contributed by atoms with Crippen molar-refractivity contribution in [2.24, 2.45) is 0 Å². The van der Waals surface area contributed by atoms with E-state index in [2.05, 4.69) is 23.9 Å². The number of nitrogens with zero attached hydrogens (tertiary/aromatic N) is 3. The molecule has 0 spiro atoms. The lowest BCUT2D eigenvalue weighted by molar-refractivity contribution is 0.137. The van der Waals surface area contributed by atoms with Crippen LogP contribution in [0.4, 0.5) is 0 Å². The second kappa shape index (κ2) is 5.27. The van der Waals surface area contributed by atoms with Gasteiger partial charge >= 0.3 is 0 Å². The van der Waals surface area contributed by atoms with Crippen LogP contribution in [0, 0.1) is 0 Å². The zero-order chi connectivity index (χ0) is 12.3. The second-order valence-corrected chi connectivity index (χ2v) is 4.35. The summed E-state index contributed by atoms with van der Waals surface area (Å²) in [6.07, 6.45) is 3.71. The van der Waals surface area contributed by atoms with Gasteiger partial charge in [-0.3, -0.25) is 9.67 Å². The average Bonchev–Trinajstić information content (AvgIpc) is 2.69. The highest BCUT2D eigenvalue weighted by Gasteiger charge is 2.12. The zero-order valence-electron chi connectivity index (χ0n) is 10.7.